The Bertz CT molecular complexity index is 1730. The number of benzene rings is 4. The van der Waals surface area contributed by atoms with Crippen molar-refractivity contribution in [3.63, 3.8) is 0 Å². The van der Waals surface area contributed by atoms with Gasteiger partial charge >= 0.3 is 0 Å². The van der Waals surface area contributed by atoms with Crippen LogP contribution in [-0.2, 0) is 32.6 Å². The number of para-hydroxylation sites is 1. The number of carbonyl (C=O) groups excluding carboxylic acids is 2. The van der Waals surface area contributed by atoms with E-state index < -0.39 is 28.5 Å². The number of nitrogens with one attached hydrogen (secondary N) is 1. The van der Waals surface area contributed by atoms with Crippen LogP contribution in [0.3, 0.4) is 0 Å². The minimum atomic E-state index is -4.30. The van der Waals surface area contributed by atoms with E-state index >= 15 is 0 Å². The Hall–Kier alpha value is -4.83. The van der Waals surface area contributed by atoms with E-state index in [2.05, 4.69) is 5.32 Å². The summed E-state index contributed by atoms with van der Waals surface area (Å²) in [7, 11) is -1.41. The van der Waals surface area contributed by atoms with Crippen molar-refractivity contribution in [3.05, 3.63) is 120 Å². The maximum atomic E-state index is 14.6. The summed E-state index contributed by atoms with van der Waals surface area (Å²) in [4.78, 5) is 29.9. The van der Waals surface area contributed by atoms with Gasteiger partial charge in [0.15, 0.2) is 11.5 Å². The Morgan fingerprint density at radius 1 is 0.787 bits per heavy atom. The van der Waals surface area contributed by atoms with Gasteiger partial charge in [0.1, 0.15) is 12.6 Å². The summed E-state index contributed by atoms with van der Waals surface area (Å²) >= 11 is 0. The summed E-state index contributed by atoms with van der Waals surface area (Å²) in [6.45, 7) is 5.96. The third-order valence-electron chi connectivity index (χ3n) is 7.70. The molecule has 1 atom stereocenters. The van der Waals surface area contributed by atoms with E-state index in [0.717, 1.165) is 21.0 Å². The van der Waals surface area contributed by atoms with Crippen LogP contribution in [-0.4, -0.2) is 58.5 Å². The predicted octanol–water partition coefficient (Wildman–Crippen LogP) is 5.62. The summed E-state index contributed by atoms with van der Waals surface area (Å²) in [6, 6.07) is 29.0. The summed E-state index contributed by atoms with van der Waals surface area (Å²) in [5.74, 6) is -0.0400. The van der Waals surface area contributed by atoms with Gasteiger partial charge in [0.25, 0.3) is 10.0 Å². The van der Waals surface area contributed by atoms with Crippen LogP contribution < -0.4 is 19.1 Å². The molecule has 248 valence electrons. The lowest BCUT2D eigenvalue weighted by atomic mass is 10.0. The Balaban J connectivity index is 1.80. The zero-order valence-electron chi connectivity index (χ0n) is 27.6. The third-order valence-corrected chi connectivity index (χ3v) is 9.47. The SMILES string of the molecule is COc1ccc(S(=O)(=O)N(CC(=O)N(Cc2ccc(C)cc2)C(Cc2ccccc2)C(=O)NCC(C)C)c2ccccc2)cc1OC. The monoisotopic (exact) mass is 657 g/mol. The molecule has 2 amide bonds. The average molecular weight is 658 g/mol. The van der Waals surface area contributed by atoms with E-state index in [0.29, 0.717) is 18.0 Å². The molecule has 0 aliphatic rings. The number of methoxy groups -OCH3 is 2. The molecule has 4 aromatic rings. The van der Waals surface area contributed by atoms with Gasteiger partial charge in [-0.1, -0.05) is 92.2 Å². The van der Waals surface area contributed by atoms with Crippen molar-refractivity contribution in [3.8, 4) is 11.5 Å². The molecule has 1 N–H and O–H groups in total. The maximum Gasteiger partial charge on any atom is 0.264 e. The number of nitrogens with zero attached hydrogens (tertiary/aromatic N) is 2. The first-order valence-electron chi connectivity index (χ1n) is 15.5. The van der Waals surface area contributed by atoms with Crippen molar-refractivity contribution < 1.29 is 27.5 Å². The minimum Gasteiger partial charge on any atom is -0.493 e. The van der Waals surface area contributed by atoms with Crippen LogP contribution in [0.15, 0.2) is 108 Å². The van der Waals surface area contributed by atoms with Crippen LogP contribution in [0.5, 0.6) is 11.5 Å². The van der Waals surface area contributed by atoms with Gasteiger partial charge in [0.2, 0.25) is 11.8 Å². The number of hydrogen-bond donors (Lipinski definition) is 1. The molecule has 0 radical (unpaired) electrons. The molecule has 0 heterocycles. The van der Waals surface area contributed by atoms with Crippen LogP contribution in [0.4, 0.5) is 5.69 Å². The molecular formula is C37H43N3O6S. The van der Waals surface area contributed by atoms with Gasteiger partial charge in [-0.3, -0.25) is 13.9 Å². The summed E-state index contributed by atoms with van der Waals surface area (Å²) in [5.41, 5.74) is 3.04. The fourth-order valence-electron chi connectivity index (χ4n) is 5.09. The quantitative estimate of drug-likeness (QED) is 0.178. The number of rotatable bonds is 15. The van der Waals surface area contributed by atoms with Crippen LogP contribution in [0.2, 0.25) is 0 Å². The predicted molar refractivity (Wildman–Crippen MR) is 184 cm³/mol. The van der Waals surface area contributed by atoms with Crippen molar-refractivity contribution in [2.45, 2.75) is 44.7 Å². The number of ether oxygens (including phenoxy) is 2. The number of hydrogen-bond acceptors (Lipinski definition) is 6. The Kier molecular flexibility index (Phi) is 12.0. The normalized spacial score (nSPS) is 11.9. The fourth-order valence-corrected chi connectivity index (χ4v) is 6.52. The Labute approximate surface area is 278 Å². The summed E-state index contributed by atoms with van der Waals surface area (Å²) < 4.78 is 40.4. The van der Waals surface area contributed by atoms with Gasteiger partial charge in [0, 0.05) is 25.6 Å². The van der Waals surface area contributed by atoms with Gasteiger partial charge in [-0.15, -0.1) is 0 Å². The van der Waals surface area contributed by atoms with Crippen LogP contribution in [0, 0.1) is 12.8 Å². The second-order valence-corrected chi connectivity index (χ2v) is 13.6. The minimum absolute atomic E-state index is 0.0765. The zero-order chi connectivity index (χ0) is 34.0. The topological polar surface area (TPSA) is 105 Å². The third kappa shape index (κ3) is 9.13. The van der Waals surface area contributed by atoms with Gasteiger partial charge in [-0.25, -0.2) is 8.42 Å². The van der Waals surface area contributed by atoms with Crippen molar-refractivity contribution in [1.82, 2.24) is 10.2 Å². The molecule has 10 heteroatoms. The highest BCUT2D eigenvalue weighted by molar-refractivity contribution is 7.92. The molecule has 47 heavy (non-hydrogen) atoms. The second kappa shape index (κ2) is 16.1. The number of aryl methyl sites for hydroxylation is 1. The molecule has 0 saturated carbocycles. The van der Waals surface area contributed by atoms with Gasteiger partial charge in [-0.2, -0.15) is 0 Å². The molecule has 0 saturated heterocycles. The first-order chi connectivity index (χ1) is 22.5. The molecule has 0 bridgehead atoms. The maximum absolute atomic E-state index is 14.6. The zero-order valence-corrected chi connectivity index (χ0v) is 28.4. The Morgan fingerprint density at radius 2 is 1.40 bits per heavy atom. The molecule has 4 aromatic carbocycles. The van der Waals surface area contributed by atoms with Gasteiger partial charge < -0.3 is 19.7 Å². The van der Waals surface area contributed by atoms with Gasteiger partial charge in [-0.05, 0) is 48.2 Å². The number of sulfonamides is 1. The van der Waals surface area contributed by atoms with E-state index in [9.17, 15) is 18.0 Å². The molecule has 1 unspecified atom stereocenters. The molecular weight excluding hydrogens is 614 g/mol. The first-order valence-corrected chi connectivity index (χ1v) is 16.9. The van der Waals surface area contributed by atoms with E-state index in [1.54, 1.807) is 30.3 Å². The largest absolute Gasteiger partial charge is 0.493 e. The lowest BCUT2D eigenvalue weighted by Gasteiger charge is -2.34. The first kappa shape index (κ1) is 35.0. The summed E-state index contributed by atoms with van der Waals surface area (Å²) in [6.07, 6.45) is 0.246. The number of amides is 2. The van der Waals surface area contributed by atoms with E-state index in [-0.39, 0.29) is 35.4 Å². The fraction of sp³-hybridized carbons (Fsp3) is 0.297. The lowest BCUT2D eigenvalue weighted by molar-refractivity contribution is -0.140. The van der Waals surface area contributed by atoms with Crippen LogP contribution in [0.25, 0.3) is 0 Å². The number of anilines is 1. The van der Waals surface area contributed by atoms with E-state index in [1.807, 2.05) is 75.4 Å². The standard InChI is InChI=1S/C37H43N3O6S/c1-27(2)24-38-37(42)33(22-29-12-8-6-9-13-29)39(25-30-18-16-28(3)17-19-30)36(41)26-40(31-14-10-7-11-15-31)47(43,44)32-20-21-34(45-4)35(23-32)46-5/h6-21,23,27,33H,22,24-26H2,1-5H3,(H,38,42). The highest BCUT2D eigenvalue weighted by Gasteiger charge is 2.35. The molecule has 0 aromatic heterocycles. The smallest absolute Gasteiger partial charge is 0.264 e. The lowest BCUT2D eigenvalue weighted by Crippen LogP contribution is -2.53. The van der Waals surface area contributed by atoms with Crippen molar-refractivity contribution in [2.24, 2.45) is 5.92 Å². The summed E-state index contributed by atoms with van der Waals surface area (Å²) in [5, 5.41) is 3.01. The van der Waals surface area contributed by atoms with Crippen molar-refractivity contribution in [1.29, 1.82) is 0 Å². The molecule has 9 nitrogen and oxygen atoms in total. The Morgan fingerprint density at radius 3 is 2.00 bits per heavy atom. The van der Waals surface area contributed by atoms with E-state index in [1.165, 1.54) is 37.3 Å². The molecule has 0 aliphatic heterocycles. The van der Waals surface area contributed by atoms with Crippen LogP contribution in [0.1, 0.15) is 30.5 Å². The molecule has 4 rings (SSSR count). The molecule has 0 spiro atoms. The van der Waals surface area contributed by atoms with Crippen molar-refractivity contribution in [2.75, 3.05) is 31.6 Å². The van der Waals surface area contributed by atoms with Crippen molar-refractivity contribution >= 4 is 27.5 Å². The van der Waals surface area contributed by atoms with E-state index in [4.69, 9.17) is 9.47 Å². The highest BCUT2D eigenvalue weighted by atomic mass is 32.2. The molecule has 0 aliphatic carbocycles. The van der Waals surface area contributed by atoms with Gasteiger partial charge in [0.05, 0.1) is 24.8 Å². The van der Waals surface area contributed by atoms with Crippen LogP contribution >= 0.6 is 0 Å². The average Bonchev–Trinajstić information content (AvgIpc) is 3.08. The number of carbonyl (C=O) groups is 2. The highest BCUT2D eigenvalue weighted by Crippen LogP contribution is 2.32. The second-order valence-electron chi connectivity index (χ2n) is 11.7. The molecule has 0 fully saturated rings.